The van der Waals surface area contributed by atoms with E-state index in [1.807, 2.05) is 24.3 Å². The maximum atomic E-state index is 5.68. The summed E-state index contributed by atoms with van der Waals surface area (Å²) in [5, 5.41) is 0. The Hall–Kier alpha value is -0.995. The van der Waals surface area contributed by atoms with E-state index in [9.17, 15) is 0 Å². The van der Waals surface area contributed by atoms with Gasteiger partial charge in [-0.2, -0.15) is 0 Å². The average molecular weight is 260 g/mol. The summed E-state index contributed by atoms with van der Waals surface area (Å²) in [7, 11) is 5.68. The highest BCUT2D eigenvalue weighted by Crippen LogP contribution is 2.26. The van der Waals surface area contributed by atoms with Crippen LogP contribution in [0.25, 0.3) is 0 Å². The minimum absolute atomic E-state index is 0.248. The van der Waals surface area contributed by atoms with Crippen LogP contribution in [0.1, 0.15) is 19.8 Å². The van der Waals surface area contributed by atoms with E-state index in [0.29, 0.717) is 6.61 Å². The molecule has 1 aromatic carbocycles. The van der Waals surface area contributed by atoms with Gasteiger partial charge in [0.2, 0.25) is 0 Å². The fourth-order valence-corrected chi connectivity index (χ4v) is 1.95. The van der Waals surface area contributed by atoms with Crippen molar-refractivity contribution in [3.63, 3.8) is 0 Å². The molecule has 1 aliphatic heterocycles. The molecule has 4 heteroatoms. The van der Waals surface area contributed by atoms with Crippen LogP contribution in [0.4, 0.5) is 0 Å². The monoisotopic (exact) mass is 260 g/mol. The first-order valence-corrected chi connectivity index (χ1v) is 6.82. The van der Waals surface area contributed by atoms with Crippen LogP contribution in [0.15, 0.2) is 24.3 Å². The van der Waals surface area contributed by atoms with Gasteiger partial charge in [-0.3, -0.25) is 0 Å². The van der Waals surface area contributed by atoms with Crippen molar-refractivity contribution >= 4 is 13.3 Å². The van der Waals surface area contributed by atoms with Gasteiger partial charge in [-0.15, -0.1) is 0 Å². The first-order valence-electron chi connectivity index (χ1n) is 6.82. The molecule has 0 unspecified atom stereocenters. The topological polar surface area (TPSA) is 27.7 Å². The maximum absolute atomic E-state index is 5.68. The molecule has 0 amide bonds. The van der Waals surface area contributed by atoms with Crippen LogP contribution in [0.5, 0.6) is 5.75 Å². The molecule has 0 spiro atoms. The molecular formula is C15H21BO3. The van der Waals surface area contributed by atoms with Gasteiger partial charge in [0, 0.05) is 12.0 Å². The first kappa shape index (κ1) is 14.4. The summed E-state index contributed by atoms with van der Waals surface area (Å²) in [5.41, 5.74) is 0.981. The fraction of sp³-hybridized carbons (Fsp3) is 0.600. The fourth-order valence-electron chi connectivity index (χ4n) is 1.95. The van der Waals surface area contributed by atoms with Crippen molar-refractivity contribution < 1.29 is 14.2 Å². The van der Waals surface area contributed by atoms with Crippen LogP contribution in [-0.4, -0.2) is 40.9 Å². The van der Waals surface area contributed by atoms with Gasteiger partial charge in [0.15, 0.2) is 0 Å². The Morgan fingerprint density at radius 1 is 1.26 bits per heavy atom. The Kier molecular flexibility index (Phi) is 5.29. The molecular weight excluding hydrogens is 239 g/mol. The third-order valence-electron chi connectivity index (χ3n) is 3.16. The summed E-state index contributed by atoms with van der Waals surface area (Å²) in [4.78, 5) is 0. The maximum Gasteiger partial charge on any atom is 0.118 e. The highest BCUT2D eigenvalue weighted by atomic mass is 16.5. The molecule has 2 radical (unpaired) electrons. The number of unbranched alkanes of at least 4 members (excludes halogenated alkanes) is 1. The van der Waals surface area contributed by atoms with E-state index in [0.717, 1.165) is 50.5 Å². The summed E-state index contributed by atoms with van der Waals surface area (Å²) in [6, 6.07) is 7.51. The molecule has 0 N–H and O–H groups in total. The molecule has 19 heavy (non-hydrogen) atoms. The van der Waals surface area contributed by atoms with E-state index < -0.39 is 0 Å². The summed E-state index contributed by atoms with van der Waals surface area (Å²) >= 11 is 0. The number of hydrogen-bond donors (Lipinski definition) is 0. The normalized spacial score (nSPS) is 16.9. The Morgan fingerprint density at radius 3 is 2.74 bits per heavy atom. The quantitative estimate of drug-likeness (QED) is 0.526. The van der Waals surface area contributed by atoms with Gasteiger partial charge in [0.1, 0.15) is 13.6 Å². The van der Waals surface area contributed by atoms with Crippen molar-refractivity contribution in [2.24, 2.45) is 5.41 Å². The predicted octanol–water partition coefficient (Wildman–Crippen LogP) is 1.69. The molecule has 3 nitrogen and oxygen atoms in total. The third kappa shape index (κ3) is 4.88. The van der Waals surface area contributed by atoms with Crippen LogP contribution in [0, 0.1) is 5.41 Å². The van der Waals surface area contributed by atoms with E-state index in [-0.39, 0.29) is 5.41 Å². The number of rotatable bonds is 8. The van der Waals surface area contributed by atoms with Gasteiger partial charge in [0.25, 0.3) is 0 Å². The highest BCUT2D eigenvalue weighted by Gasteiger charge is 2.33. The van der Waals surface area contributed by atoms with Crippen molar-refractivity contribution in [1.29, 1.82) is 0 Å². The van der Waals surface area contributed by atoms with Gasteiger partial charge in [-0.1, -0.05) is 24.5 Å². The second kappa shape index (κ2) is 6.97. The van der Waals surface area contributed by atoms with Crippen LogP contribution < -0.4 is 10.2 Å². The van der Waals surface area contributed by atoms with Crippen LogP contribution in [-0.2, 0) is 9.47 Å². The minimum Gasteiger partial charge on any atom is -0.494 e. The average Bonchev–Trinajstić information content (AvgIpc) is 2.35. The smallest absolute Gasteiger partial charge is 0.118 e. The lowest BCUT2D eigenvalue weighted by molar-refractivity contribution is -0.138. The first-order chi connectivity index (χ1) is 9.18. The molecule has 0 atom stereocenters. The van der Waals surface area contributed by atoms with Gasteiger partial charge < -0.3 is 14.2 Å². The number of hydrogen-bond acceptors (Lipinski definition) is 3. The van der Waals surface area contributed by atoms with Crippen LogP contribution in [0.2, 0.25) is 0 Å². The molecule has 0 saturated carbocycles. The lowest BCUT2D eigenvalue weighted by Gasteiger charge is -2.37. The molecule has 0 bridgehead atoms. The van der Waals surface area contributed by atoms with Gasteiger partial charge in [0.05, 0.1) is 26.4 Å². The predicted molar refractivity (Wildman–Crippen MR) is 76.3 cm³/mol. The van der Waals surface area contributed by atoms with Gasteiger partial charge >= 0.3 is 0 Å². The standard InChI is InChI=1S/C15H21BO3/c1-15(11-18-12-15)10-17-7-2-3-8-19-14-6-4-5-13(16)9-14/h4-6,9H,2-3,7-8,10-12H2,1H3. The molecule has 1 aliphatic rings. The van der Waals surface area contributed by atoms with Gasteiger partial charge in [-0.05, 0) is 25.0 Å². The van der Waals surface area contributed by atoms with Crippen molar-refractivity contribution in [1.82, 2.24) is 0 Å². The van der Waals surface area contributed by atoms with Crippen molar-refractivity contribution in [3.8, 4) is 5.75 Å². The van der Waals surface area contributed by atoms with E-state index in [1.165, 1.54) is 0 Å². The molecule has 1 heterocycles. The highest BCUT2D eigenvalue weighted by molar-refractivity contribution is 6.32. The van der Waals surface area contributed by atoms with Gasteiger partial charge in [-0.25, -0.2) is 0 Å². The summed E-state index contributed by atoms with van der Waals surface area (Å²) in [6.45, 7) is 6.13. The third-order valence-corrected chi connectivity index (χ3v) is 3.16. The number of benzene rings is 1. The van der Waals surface area contributed by atoms with E-state index in [1.54, 1.807) is 0 Å². The molecule has 1 aromatic rings. The van der Waals surface area contributed by atoms with Crippen molar-refractivity contribution in [2.45, 2.75) is 19.8 Å². The SMILES string of the molecule is [B]c1cccc(OCCCCOCC2(C)COC2)c1. The second-order valence-electron chi connectivity index (χ2n) is 5.48. The molecule has 1 saturated heterocycles. The molecule has 1 fully saturated rings. The lowest BCUT2D eigenvalue weighted by atomic mass is 9.90. The van der Waals surface area contributed by atoms with Crippen molar-refractivity contribution in [2.75, 3.05) is 33.0 Å². The largest absolute Gasteiger partial charge is 0.494 e. The summed E-state index contributed by atoms with van der Waals surface area (Å²) < 4.78 is 16.4. The van der Waals surface area contributed by atoms with E-state index in [4.69, 9.17) is 22.1 Å². The van der Waals surface area contributed by atoms with Crippen LogP contribution in [0.3, 0.4) is 0 Å². The molecule has 0 aliphatic carbocycles. The zero-order chi connectivity index (χ0) is 13.6. The Morgan fingerprint density at radius 2 is 2.05 bits per heavy atom. The lowest BCUT2D eigenvalue weighted by Crippen LogP contribution is -2.43. The zero-order valence-electron chi connectivity index (χ0n) is 11.6. The summed E-state index contributed by atoms with van der Waals surface area (Å²) in [6.07, 6.45) is 2.00. The Balaban J connectivity index is 1.48. The number of ether oxygens (including phenoxy) is 3. The zero-order valence-corrected chi connectivity index (χ0v) is 11.6. The molecule has 0 aromatic heterocycles. The van der Waals surface area contributed by atoms with E-state index in [2.05, 4.69) is 6.92 Å². The van der Waals surface area contributed by atoms with Crippen molar-refractivity contribution in [3.05, 3.63) is 24.3 Å². The van der Waals surface area contributed by atoms with E-state index >= 15 is 0 Å². The second-order valence-corrected chi connectivity index (χ2v) is 5.48. The van der Waals surface area contributed by atoms with Crippen LogP contribution >= 0.6 is 0 Å². The summed E-state index contributed by atoms with van der Waals surface area (Å²) in [5.74, 6) is 0.833. The molecule has 102 valence electrons. The minimum atomic E-state index is 0.248. The molecule has 2 rings (SSSR count). The Bertz CT molecular complexity index is 391. The Labute approximate surface area is 116 Å².